The fourth-order valence-electron chi connectivity index (χ4n) is 2.07. The molecule has 1 atom stereocenters. The van der Waals surface area contributed by atoms with Crippen LogP contribution in [0.3, 0.4) is 0 Å². The van der Waals surface area contributed by atoms with Crippen LogP contribution in [0.25, 0.3) is 0 Å². The van der Waals surface area contributed by atoms with Crippen LogP contribution in [0.4, 0.5) is 0 Å². The van der Waals surface area contributed by atoms with E-state index in [2.05, 4.69) is 0 Å². The molecule has 1 fully saturated rings. The molecular weight excluding hydrogens is 238 g/mol. The molecular formula is C12H17NO3S. The van der Waals surface area contributed by atoms with Gasteiger partial charge in [-0.2, -0.15) is 0 Å². The summed E-state index contributed by atoms with van der Waals surface area (Å²) in [5.74, 6) is 0.145. The zero-order valence-corrected chi connectivity index (χ0v) is 10.4. The first-order valence-electron chi connectivity index (χ1n) is 5.74. The van der Waals surface area contributed by atoms with Crippen LogP contribution < -0.4 is 0 Å². The average Bonchev–Trinajstić information content (AvgIpc) is 2.79. The summed E-state index contributed by atoms with van der Waals surface area (Å²) in [5.41, 5.74) is 0.806. The van der Waals surface area contributed by atoms with Gasteiger partial charge in [-0.1, -0.05) is 30.3 Å². The fraction of sp³-hybridized carbons (Fsp3) is 0.500. The van der Waals surface area contributed by atoms with Crippen LogP contribution in [0, 0.1) is 5.92 Å². The van der Waals surface area contributed by atoms with Crippen molar-refractivity contribution in [3.05, 3.63) is 35.9 Å². The van der Waals surface area contributed by atoms with Crippen LogP contribution in [-0.2, 0) is 15.8 Å². The van der Waals surface area contributed by atoms with Gasteiger partial charge in [-0.3, -0.25) is 0 Å². The third-order valence-electron chi connectivity index (χ3n) is 3.09. The number of aliphatic hydroxyl groups excluding tert-OH is 1. The van der Waals surface area contributed by atoms with E-state index in [1.807, 2.05) is 30.3 Å². The quantitative estimate of drug-likeness (QED) is 0.867. The zero-order valence-electron chi connectivity index (χ0n) is 9.62. The summed E-state index contributed by atoms with van der Waals surface area (Å²) < 4.78 is 25.7. The maximum atomic E-state index is 12.1. The maximum absolute atomic E-state index is 12.1. The summed E-state index contributed by atoms with van der Waals surface area (Å²) in [6, 6.07) is 9.18. The Labute approximate surface area is 102 Å². The molecule has 0 radical (unpaired) electrons. The third kappa shape index (κ3) is 3.06. The number of sulfonamides is 1. The highest BCUT2D eigenvalue weighted by atomic mass is 32.2. The lowest BCUT2D eigenvalue weighted by Gasteiger charge is -2.16. The van der Waals surface area contributed by atoms with Gasteiger partial charge in [0.05, 0.1) is 5.75 Å². The van der Waals surface area contributed by atoms with Gasteiger partial charge in [0.25, 0.3) is 0 Å². The first-order chi connectivity index (χ1) is 8.12. The first kappa shape index (κ1) is 12.5. The van der Waals surface area contributed by atoms with Crippen molar-refractivity contribution in [2.45, 2.75) is 12.2 Å². The largest absolute Gasteiger partial charge is 0.396 e. The second-order valence-corrected chi connectivity index (χ2v) is 6.41. The standard InChI is InChI=1S/C12H17NO3S/c14-9-12-6-7-13(8-12)17(15,16)10-11-4-2-1-3-5-11/h1-5,12,14H,6-10H2. The average molecular weight is 255 g/mol. The molecule has 0 aromatic heterocycles. The van der Waals surface area contributed by atoms with E-state index in [-0.39, 0.29) is 18.3 Å². The number of nitrogens with zero attached hydrogens (tertiary/aromatic N) is 1. The summed E-state index contributed by atoms with van der Waals surface area (Å²) in [6.45, 7) is 1.05. The topological polar surface area (TPSA) is 57.6 Å². The van der Waals surface area contributed by atoms with E-state index in [1.54, 1.807) is 0 Å². The Morgan fingerprint density at radius 3 is 2.59 bits per heavy atom. The van der Waals surface area contributed by atoms with E-state index in [9.17, 15) is 8.42 Å². The molecule has 1 aromatic carbocycles. The second-order valence-electron chi connectivity index (χ2n) is 4.44. The molecule has 1 aliphatic rings. The highest BCUT2D eigenvalue weighted by Gasteiger charge is 2.30. The van der Waals surface area contributed by atoms with Crippen molar-refractivity contribution < 1.29 is 13.5 Å². The van der Waals surface area contributed by atoms with Crippen LogP contribution in [0.5, 0.6) is 0 Å². The van der Waals surface area contributed by atoms with Crippen molar-refractivity contribution in [1.29, 1.82) is 0 Å². The summed E-state index contributed by atoms with van der Waals surface area (Å²) in [4.78, 5) is 0. The lowest BCUT2D eigenvalue weighted by molar-refractivity contribution is 0.233. The minimum atomic E-state index is -3.23. The number of hydrogen-bond acceptors (Lipinski definition) is 3. The van der Waals surface area contributed by atoms with Crippen molar-refractivity contribution in [3.63, 3.8) is 0 Å². The minimum Gasteiger partial charge on any atom is -0.396 e. The molecule has 1 N–H and O–H groups in total. The normalized spacial score (nSPS) is 21.8. The van der Waals surface area contributed by atoms with E-state index in [4.69, 9.17) is 5.11 Å². The lowest BCUT2D eigenvalue weighted by Crippen LogP contribution is -2.30. The Kier molecular flexibility index (Phi) is 3.81. The Hall–Kier alpha value is -0.910. The summed E-state index contributed by atoms with van der Waals surface area (Å²) in [5, 5.41) is 9.02. The summed E-state index contributed by atoms with van der Waals surface area (Å²) >= 11 is 0. The summed E-state index contributed by atoms with van der Waals surface area (Å²) in [7, 11) is -3.23. The monoisotopic (exact) mass is 255 g/mol. The van der Waals surface area contributed by atoms with E-state index in [0.29, 0.717) is 13.1 Å². The van der Waals surface area contributed by atoms with Crippen LogP contribution in [0.15, 0.2) is 30.3 Å². The van der Waals surface area contributed by atoms with Gasteiger partial charge in [0.1, 0.15) is 0 Å². The molecule has 17 heavy (non-hydrogen) atoms. The van der Waals surface area contributed by atoms with Crippen LogP contribution in [0.2, 0.25) is 0 Å². The molecule has 0 aliphatic carbocycles. The number of benzene rings is 1. The molecule has 5 heteroatoms. The van der Waals surface area contributed by atoms with Crippen molar-refractivity contribution in [3.8, 4) is 0 Å². The van der Waals surface area contributed by atoms with Gasteiger partial charge in [0, 0.05) is 19.7 Å². The van der Waals surface area contributed by atoms with Gasteiger partial charge in [-0.15, -0.1) is 0 Å². The molecule has 1 aromatic rings. The van der Waals surface area contributed by atoms with Gasteiger partial charge in [-0.05, 0) is 17.9 Å². The van der Waals surface area contributed by atoms with Gasteiger partial charge in [0.2, 0.25) is 10.0 Å². The molecule has 4 nitrogen and oxygen atoms in total. The first-order valence-corrected chi connectivity index (χ1v) is 7.35. The Morgan fingerprint density at radius 1 is 1.29 bits per heavy atom. The van der Waals surface area contributed by atoms with Gasteiger partial charge < -0.3 is 5.11 Å². The molecule has 0 bridgehead atoms. The maximum Gasteiger partial charge on any atom is 0.218 e. The predicted octanol–water partition coefficient (Wildman–Crippen LogP) is 0.831. The molecule has 0 saturated carbocycles. The second kappa shape index (κ2) is 5.16. The van der Waals surface area contributed by atoms with E-state index in [1.165, 1.54) is 4.31 Å². The smallest absolute Gasteiger partial charge is 0.218 e. The van der Waals surface area contributed by atoms with Gasteiger partial charge in [-0.25, -0.2) is 12.7 Å². The van der Waals surface area contributed by atoms with Crippen molar-refractivity contribution >= 4 is 10.0 Å². The molecule has 1 unspecified atom stereocenters. The molecule has 94 valence electrons. The van der Waals surface area contributed by atoms with Crippen LogP contribution in [0.1, 0.15) is 12.0 Å². The molecule has 1 heterocycles. The van der Waals surface area contributed by atoms with E-state index in [0.717, 1.165) is 12.0 Å². The van der Waals surface area contributed by atoms with Gasteiger partial charge in [0.15, 0.2) is 0 Å². The Bertz CT molecular complexity index is 458. The molecule has 0 spiro atoms. The molecule has 1 aliphatic heterocycles. The molecule has 0 amide bonds. The van der Waals surface area contributed by atoms with Gasteiger partial charge >= 0.3 is 0 Å². The highest BCUT2D eigenvalue weighted by Crippen LogP contribution is 2.21. The number of aliphatic hydroxyl groups is 1. The Morgan fingerprint density at radius 2 is 2.00 bits per heavy atom. The van der Waals surface area contributed by atoms with E-state index < -0.39 is 10.0 Å². The fourth-order valence-corrected chi connectivity index (χ4v) is 3.69. The van der Waals surface area contributed by atoms with Crippen LogP contribution >= 0.6 is 0 Å². The molecule has 2 rings (SSSR count). The van der Waals surface area contributed by atoms with Crippen molar-refractivity contribution in [2.75, 3.05) is 19.7 Å². The number of hydrogen-bond donors (Lipinski definition) is 1. The SMILES string of the molecule is O=S(=O)(Cc1ccccc1)N1CCC(CO)C1. The Balaban J connectivity index is 2.05. The van der Waals surface area contributed by atoms with Crippen molar-refractivity contribution in [1.82, 2.24) is 4.31 Å². The zero-order chi connectivity index (χ0) is 12.3. The minimum absolute atomic E-state index is 0.0476. The van der Waals surface area contributed by atoms with Crippen molar-refractivity contribution in [2.24, 2.45) is 5.92 Å². The molecule has 1 saturated heterocycles. The summed E-state index contributed by atoms with van der Waals surface area (Å²) in [6.07, 6.45) is 0.754. The highest BCUT2D eigenvalue weighted by molar-refractivity contribution is 7.88. The number of rotatable bonds is 4. The predicted molar refractivity (Wildman–Crippen MR) is 65.8 cm³/mol. The van der Waals surface area contributed by atoms with Crippen LogP contribution in [-0.4, -0.2) is 37.5 Å². The lowest BCUT2D eigenvalue weighted by atomic mass is 10.1. The van der Waals surface area contributed by atoms with E-state index >= 15 is 0 Å². The third-order valence-corrected chi connectivity index (χ3v) is 4.91.